The second kappa shape index (κ2) is 8.19. The van der Waals surface area contributed by atoms with Crippen molar-refractivity contribution in [3.63, 3.8) is 0 Å². The molecule has 1 heterocycles. The van der Waals surface area contributed by atoms with Gasteiger partial charge in [-0.1, -0.05) is 18.2 Å². The van der Waals surface area contributed by atoms with Crippen LogP contribution in [-0.4, -0.2) is 28.8 Å². The molecule has 2 N–H and O–H groups in total. The molecule has 29 heavy (non-hydrogen) atoms. The molecule has 0 saturated heterocycles. The van der Waals surface area contributed by atoms with Gasteiger partial charge in [0.05, 0.1) is 5.92 Å². The monoisotopic (exact) mass is 399 g/mol. The number of nitrogens with zero attached hydrogens (tertiary/aromatic N) is 1. The highest BCUT2D eigenvalue weighted by atomic mass is 19.1. The Morgan fingerprint density at radius 1 is 1.21 bits per heavy atom. The molecule has 2 atom stereocenters. The zero-order valence-corrected chi connectivity index (χ0v) is 17.1. The minimum Gasteiger partial charge on any atom is -0.444 e. The predicted molar refractivity (Wildman–Crippen MR) is 109 cm³/mol. The molecule has 0 unspecified atom stereocenters. The lowest BCUT2D eigenvalue weighted by atomic mass is 10.0. The van der Waals surface area contributed by atoms with E-state index in [1.807, 2.05) is 52.0 Å². The van der Waals surface area contributed by atoms with Gasteiger partial charge in [0.15, 0.2) is 0 Å². The summed E-state index contributed by atoms with van der Waals surface area (Å²) in [6.07, 6.45) is 0.394. The third-order valence-electron chi connectivity index (χ3n) is 4.56. The molecule has 1 aliphatic rings. The molecule has 2 amide bonds. The summed E-state index contributed by atoms with van der Waals surface area (Å²) in [6, 6.07) is 9.50. The number of ether oxygens (including phenoxy) is 1. The molecule has 6 nitrogen and oxygen atoms in total. The number of anilines is 1. The molecule has 1 aromatic carbocycles. The smallest absolute Gasteiger partial charge is 0.407 e. The summed E-state index contributed by atoms with van der Waals surface area (Å²) in [4.78, 5) is 27.9. The highest BCUT2D eigenvalue weighted by Crippen LogP contribution is 2.34. The van der Waals surface area contributed by atoms with Crippen LogP contribution in [0.1, 0.15) is 38.3 Å². The van der Waals surface area contributed by atoms with Crippen molar-refractivity contribution in [3.8, 4) is 11.1 Å². The Morgan fingerprint density at radius 2 is 1.90 bits per heavy atom. The minimum absolute atomic E-state index is 0.281. The Labute approximate surface area is 169 Å². The maximum Gasteiger partial charge on any atom is 0.407 e. The van der Waals surface area contributed by atoms with Gasteiger partial charge >= 0.3 is 6.09 Å². The Bertz CT molecular complexity index is 924. The van der Waals surface area contributed by atoms with E-state index in [0.717, 1.165) is 22.3 Å². The van der Waals surface area contributed by atoms with Crippen LogP contribution >= 0.6 is 0 Å². The maximum absolute atomic E-state index is 13.0. The number of halogens is 1. The zero-order chi connectivity index (χ0) is 21.2. The molecule has 0 bridgehead atoms. The lowest BCUT2D eigenvalue weighted by Crippen LogP contribution is -2.32. The maximum atomic E-state index is 13.0. The summed E-state index contributed by atoms with van der Waals surface area (Å²) < 4.78 is 18.3. The number of alkyl carbamates (subject to hydrolysis) is 1. The van der Waals surface area contributed by atoms with E-state index < -0.39 is 23.8 Å². The topological polar surface area (TPSA) is 80.3 Å². The van der Waals surface area contributed by atoms with Crippen LogP contribution in [0.5, 0.6) is 0 Å². The van der Waals surface area contributed by atoms with Crippen LogP contribution in [0.25, 0.3) is 11.1 Å². The summed E-state index contributed by atoms with van der Waals surface area (Å²) in [5.74, 6) is -0.485. The molecule has 2 aromatic rings. The number of rotatable bonds is 5. The van der Waals surface area contributed by atoms with Gasteiger partial charge in [-0.05, 0) is 68.5 Å². The van der Waals surface area contributed by atoms with Crippen molar-refractivity contribution in [2.75, 3.05) is 5.32 Å². The number of hydrogen-bond donors (Lipinski definition) is 2. The fourth-order valence-corrected chi connectivity index (χ4v) is 2.89. The summed E-state index contributed by atoms with van der Waals surface area (Å²) in [6.45, 7) is 7.79. The molecular formula is C22H26FN3O3. The van der Waals surface area contributed by atoms with Gasteiger partial charge in [0.25, 0.3) is 0 Å². The third kappa shape index (κ3) is 5.76. The van der Waals surface area contributed by atoms with Crippen LogP contribution in [0.2, 0.25) is 0 Å². The standard InChI is InChI=1S/C22H26FN3O3/c1-13-9-14(5-6-16(13)12-25-21(28)29-22(2,3)4)15-7-8-24-19(10-15)26-20(27)17-11-18(17)23/h5-10,17-18H,11-12H2,1-4H3,(H,25,28)(H,24,26,27)/t17-,18+/m1/s1. The van der Waals surface area contributed by atoms with Gasteiger partial charge in [0.2, 0.25) is 5.91 Å². The number of aromatic nitrogens is 1. The van der Waals surface area contributed by atoms with E-state index in [2.05, 4.69) is 15.6 Å². The summed E-state index contributed by atoms with van der Waals surface area (Å²) in [5.41, 5.74) is 3.29. The van der Waals surface area contributed by atoms with Crippen molar-refractivity contribution in [3.05, 3.63) is 47.7 Å². The SMILES string of the molecule is Cc1cc(-c2ccnc(NC(=O)[C@@H]3C[C@@H]3F)c2)ccc1CNC(=O)OC(C)(C)C. The first-order valence-corrected chi connectivity index (χ1v) is 9.60. The number of alkyl halides is 1. The fraction of sp³-hybridized carbons (Fsp3) is 0.409. The van der Waals surface area contributed by atoms with Crippen LogP contribution in [0, 0.1) is 12.8 Å². The van der Waals surface area contributed by atoms with Crippen LogP contribution in [0.15, 0.2) is 36.5 Å². The fourth-order valence-electron chi connectivity index (χ4n) is 2.89. The van der Waals surface area contributed by atoms with Gasteiger partial charge in [-0.15, -0.1) is 0 Å². The predicted octanol–water partition coefficient (Wildman–Crippen LogP) is 4.38. The Balaban J connectivity index is 1.66. The van der Waals surface area contributed by atoms with Gasteiger partial charge in [0, 0.05) is 12.7 Å². The van der Waals surface area contributed by atoms with E-state index in [0.29, 0.717) is 12.4 Å². The Hall–Kier alpha value is -2.96. The molecule has 1 aliphatic carbocycles. The molecule has 1 aromatic heterocycles. The van der Waals surface area contributed by atoms with E-state index >= 15 is 0 Å². The average Bonchev–Trinajstić information content (AvgIpc) is 3.36. The molecule has 0 radical (unpaired) electrons. The largest absolute Gasteiger partial charge is 0.444 e. The molecule has 0 spiro atoms. The van der Waals surface area contributed by atoms with Crippen molar-refractivity contribution in [2.45, 2.75) is 52.4 Å². The Kier molecular flexibility index (Phi) is 5.86. The quantitative estimate of drug-likeness (QED) is 0.782. The Morgan fingerprint density at radius 3 is 2.52 bits per heavy atom. The number of carbonyl (C=O) groups is 2. The van der Waals surface area contributed by atoms with Crippen LogP contribution in [0.3, 0.4) is 0 Å². The number of amides is 2. The molecule has 7 heteroatoms. The number of hydrogen-bond acceptors (Lipinski definition) is 4. The number of pyridine rings is 1. The van der Waals surface area contributed by atoms with Gasteiger partial charge in [-0.25, -0.2) is 14.2 Å². The van der Waals surface area contributed by atoms with Crippen molar-refractivity contribution >= 4 is 17.8 Å². The van der Waals surface area contributed by atoms with Gasteiger partial charge < -0.3 is 15.4 Å². The van der Waals surface area contributed by atoms with E-state index in [1.54, 1.807) is 12.3 Å². The molecule has 0 aliphatic heterocycles. The summed E-state index contributed by atoms with van der Waals surface area (Å²) in [5, 5.41) is 5.43. The number of nitrogens with one attached hydrogen (secondary N) is 2. The van der Waals surface area contributed by atoms with Crippen LogP contribution < -0.4 is 10.6 Å². The van der Waals surface area contributed by atoms with E-state index in [-0.39, 0.29) is 12.3 Å². The van der Waals surface area contributed by atoms with Crippen molar-refractivity contribution < 1.29 is 18.7 Å². The van der Waals surface area contributed by atoms with E-state index in [1.165, 1.54) is 0 Å². The van der Waals surface area contributed by atoms with Gasteiger partial charge in [-0.3, -0.25) is 4.79 Å². The van der Waals surface area contributed by atoms with Gasteiger partial charge in [-0.2, -0.15) is 0 Å². The highest BCUT2D eigenvalue weighted by Gasteiger charge is 2.43. The molecular weight excluding hydrogens is 373 g/mol. The van der Waals surface area contributed by atoms with Crippen LogP contribution in [-0.2, 0) is 16.1 Å². The first-order chi connectivity index (χ1) is 13.6. The molecule has 3 rings (SSSR count). The number of benzene rings is 1. The lowest BCUT2D eigenvalue weighted by molar-refractivity contribution is -0.117. The highest BCUT2D eigenvalue weighted by molar-refractivity contribution is 5.94. The first kappa shape index (κ1) is 20.8. The number of carbonyl (C=O) groups excluding carboxylic acids is 2. The summed E-state index contributed by atoms with van der Waals surface area (Å²) in [7, 11) is 0. The second-order valence-corrected chi connectivity index (χ2v) is 8.27. The number of aryl methyl sites for hydroxylation is 1. The lowest BCUT2D eigenvalue weighted by Gasteiger charge is -2.20. The molecule has 1 fully saturated rings. The van der Waals surface area contributed by atoms with E-state index in [9.17, 15) is 14.0 Å². The van der Waals surface area contributed by atoms with Gasteiger partial charge in [0.1, 0.15) is 17.6 Å². The van der Waals surface area contributed by atoms with Crippen molar-refractivity contribution in [1.29, 1.82) is 0 Å². The average molecular weight is 399 g/mol. The molecule has 154 valence electrons. The molecule has 1 saturated carbocycles. The third-order valence-corrected chi connectivity index (χ3v) is 4.56. The first-order valence-electron chi connectivity index (χ1n) is 9.60. The van der Waals surface area contributed by atoms with E-state index in [4.69, 9.17) is 4.74 Å². The second-order valence-electron chi connectivity index (χ2n) is 8.27. The zero-order valence-electron chi connectivity index (χ0n) is 17.1. The minimum atomic E-state index is -1.04. The normalized spacial score (nSPS) is 18.1. The van der Waals surface area contributed by atoms with Crippen molar-refractivity contribution in [2.24, 2.45) is 5.92 Å². The summed E-state index contributed by atoms with van der Waals surface area (Å²) >= 11 is 0. The van der Waals surface area contributed by atoms with Crippen LogP contribution in [0.4, 0.5) is 15.0 Å². The van der Waals surface area contributed by atoms with Crippen molar-refractivity contribution in [1.82, 2.24) is 10.3 Å².